The summed E-state index contributed by atoms with van der Waals surface area (Å²) in [5.41, 5.74) is 5.37. The van der Waals surface area contributed by atoms with Crippen LogP contribution in [0.25, 0.3) is 0 Å². The second kappa shape index (κ2) is 5.32. The highest BCUT2D eigenvalue weighted by atomic mass is 19.4. The van der Waals surface area contributed by atoms with Crippen LogP contribution in [0, 0.1) is 0 Å². The van der Waals surface area contributed by atoms with Gasteiger partial charge in [0.15, 0.2) is 0 Å². The number of benzene rings is 2. The van der Waals surface area contributed by atoms with Gasteiger partial charge in [-0.2, -0.15) is 13.2 Å². The fraction of sp³-hybridized carbons (Fsp3) is 0.143. The van der Waals surface area contributed by atoms with E-state index >= 15 is 0 Å². The molecule has 0 spiro atoms. The molecule has 0 saturated carbocycles. The Morgan fingerprint density at radius 3 is 2.05 bits per heavy atom. The first kappa shape index (κ1) is 14.0. The van der Waals surface area contributed by atoms with Gasteiger partial charge in [0.2, 0.25) is 0 Å². The first-order valence-corrected chi connectivity index (χ1v) is 5.68. The van der Waals surface area contributed by atoms with Gasteiger partial charge < -0.3 is 15.2 Å². The van der Waals surface area contributed by atoms with Gasteiger partial charge in [-0.25, -0.2) is 0 Å². The normalized spacial score (nSPS) is 11.2. The molecule has 0 aliphatic rings. The molecule has 0 unspecified atom stereocenters. The zero-order valence-electron chi connectivity index (χ0n) is 10.6. The van der Waals surface area contributed by atoms with Crippen LogP contribution in [0.15, 0.2) is 42.5 Å². The summed E-state index contributed by atoms with van der Waals surface area (Å²) in [7, 11) is 1.48. The van der Waals surface area contributed by atoms with Gasteiger partial charge >= 0.3 is 6.18 Å². The molecule has 0 bridgehead atoms. The highest BCUT2D eigenvalue weighted by Gasteiger charge is 2.30. The predicted octanol–water partition coefficient (Wildman–Crippen LogP) is 4.09. The van der Waals surface area contributed by atoms with E-state index < -0.39 is 11.7 Å². The van der Waals surface area contributed by atoms with Gasteiger partial charge in [0, 0.05) is 23.9 Å². The zero-order chi connectivity index (χ0) is 14.8. The van der Waals surface area contributed by atoms with Gasteiger partial charge in [0.25, 0.3) is 0 Å². The van der Waals surface area contributed by atoms with E-state index in [1.807, 2.05) is 0 Å². The molecule has 3 nitrogen and oxygen atoms in total. The van der Waals surface area contributed by atoms with Gasteiger partial charge in [0.1, 0.15) is 17.2 Å². The summed E-state index contributed by atoms with van der Waals surface area (Å²) in [6.45, 7) is 0. The topological polar surface area (TPSA) is 44.5 Å². The van der Waals surface area contributed by atoms with Gasteiger partial charge in [-0.1, -0.05) is 0 Å². The molecule has 0 aliphatic carbocycles. The second-order valence-corrected chi connectivity index (χ2v) is 4.07. The van der Waals surface area contributed by atoms with Crippen LogP contribution in [0.2, 0.25) is 0 Å². The second-order valence-electron chi connectivity index (χ2n) is 4.07. The Morgan fingerprint density at radius 2 is 1.50 bits per heavy atom. The molecule has 0 heterocycles. The van der Waals surface area contributed by atoms with Crippen molar-refractivity contribution in [2.45, 2.75) is 6.18 Å². The summed E-state index contributed by atoms with van der Waals surface area (Å²) in [6, 6.07) is 9.17. The lowest BCUT2D eigenvalue weighted by atomic mass is 10.2. The quantitative estimate of drug-likeness (QED) is 0.863. The maximum atomic E-state index is 12.4. The van der Waals surface area contributed by atoms with E-state index in [1.54, 1.807) is 18.2 Å². The number of hydrogen-bond donors (Lipinski definition) is 1. The van der Waals surface area contributed by atoms with Crippen LogP contribution in [0.5, 0.6) is 17.2 Å². The largest absolute Gasteiger partial charge is 0.497 e. The molecule has 0 saturated heterocycles. The van der Waals surface area contributed by atoms with Crippen LogP contribution < -0.4 is 15.2 Å². The van der Waals surface area contributed by atoms with Crippen molar-refractivity contribution in [3.63, 3.8) is 0 Å². The Hall–Kier alpha value is -2.37. The minimum absolute atomic E-state index is 0.283. The van der Waals surface area contributed by atoms with Crippen LogP contribution in [0.3, 0.4) is 0 Å². The van der Waals surface area contributed by atoms with Crippen LogP contribution in [-0.4, -0.2) is 7.11 Å². The van der Waals surface area contributed by atoms with Crippen molar-refractivity contribution in [3.05, 3.63) is 48.0 Å². The average molecular weight is 283 g/mol. The van der Waals surface area contributed by atoms with E-state index in [2.05, 4.69) is 0 Å². The maximum Gasteiger partial charge on any atom is 0.416 e. The molecule has 2 rings (SSSR count). The molecule has 2 aromatic rings. The van der Waals surface area contributed by atoms with E-state index in [9.17, 15) is 13.2 Å². The summed E-state index contributed by atoms with van der Waals surface area (Å²) in [5.74, 6) is 1.18. The van der Waals surface area contributed by atoms with Crippen LogP contribution >= 0.6 is 0 Å². The number of halogens is 3. The number of hydrogen-bond acceptors (Lipinski definition) is 3. The smallest absolute Gasteiger partial charge is 0.416 e. The lowest BCUT2D eigenvalue weighted by Crippen LogP contribution is -2.04. The summed E-state index contributed by atoms with van der Waals surface area (Å²) in [6.07, 6.45) is -4.36. The number of anilines is 1. The van der Waals surface area contributed by atoms with E-state index in [-0.39, 0.29) is 5.75 Å². The molecular weight excluding hydrogens is 271 g/mol. The highest BCUT2D eigenvalue weighted by Crippen LogP contribution is 2.32. The Morgan fingerprint density at radius 1 is 0.900 bits per heavy atom. The van der Waals surface area contributed by atoms with Gasteiger partial charge in [-0.15, -0.1) is 0 Å². The summed E-state index contributed by atoms with van der Waals surface area (Å²) in [4.78, 5) is 0. The van der Waals surface area contributed by atoms with Gasteiger partial charge in [0.05, 0.1) is 12.7 Å². The minimum atomic E-state index is -4.36. The number of rotatable bonds is 3. The number of nitrogen functional groups attached to an aromatic ring is 1. The lowest BCUT2D eigenvalue weighted by molar-refractivity contribution is -0.137. The molecule has 20 heavy (non-hydrogen) atoms. The molecule has 0 aromatic heterocycles. The Labute approximate surface area is 113 Å². The molecule has 0 fully saturated rings. The summed E-state index contributed by atoms with van der Waals surface area (Å²) in [5, 5.41) is 0. The Kier molecular flexibility index (Phi) is 3.74. The third kappa shape index (κ3) is 3.34. The molecule has 106 valence electrons. The third-order valence-electron chi connectivity index (χ3n) is 2.56. The first-order valence-electron chi connectivity index (χ1n) is 5.68. The third-order valence-corrected chi connectivity index (χ3v) is 2.56. The first-order chi connectivity index (χ1) is 9.38. The SMILES string of the molecule is COc1cc(N)cc(Oc2ccc(C(F)(F)F)cc2)c1. The maximum absolute atomic E-state index is 12.4. The molecule has 2 aromatic carbocycles. The lowest BCUT2D eigenvalue weighted by Gasteiger charge is -2.10. The number of nitrogens with two attached hydrogens (primary N) is 1. The molecule has 0 atom stereocenters. The van der Waals surface area contributed by atoms with Crippen molar-refractivity contribution in [2.75, 3.05) is 12.8 Å². The van der Waals surface area contributed by atoms with Crippen molar-refractivity contribution < 1.29 is 22.6 Å². The molecular formula is C14H12F3NO2. The van der Waals surface area contributed by atoms with Crippen molar-refractivity contribution in [3.8, 4) is 17.2 Å². The fourth-order valence-corrected chi connectivity index (χ4v) is 1.62. The molecule has 0 aliphatic heterocycles. The fourth-order valence-electron chi connectivity index (χ4n) is 1.62. The molecule has 0 radical (unpaired) electrons. The van der Waals surface area contributed by atoms with E-state index in [0.29, 0.717) is 17.2 Å². The standard InChI is InChI=1S/C14H12F3NO2/c1-19-12-6-10(18)7-13(8-12)20-11-4-2-9(3-5-11)14(15,16)17/h2-8H,18H2,1H3. The molecule has 2 N–H and O–H groups in total. The summed E-state index contributed by atoms with van der Waals surface area (Å²) < 4.78 is 47.7. The number of methoxy groups -OCH3 is 1. The number of ether oxygens (including phenoxy) is 2. The molecule has 6 heteroatoms. The predicted molar refractivity (Wildman–Crippen MR) is 68.9 cm³/mol. The Balaban J connectivity index is 2.20. The molecule has 0 amide bonds. The van der Waals surface area contributed by atoms with Crippen LogP contribution in [-0.2, 0) is 6.18 Å². The Bertz CT molecular complexity index is 594. The van der Waals surface area contributed by atoms with E-state index in [4.69, 9.17) is 15.2 Å². The van der Waals surface area contributed by atoms with Gasteiger partial charge in [-0.05, 0) is 24.3 Å². The van der Waals surface area contributed by atoms with E-state index in [0.717, 1.165) is 12.1 Å². The van der Waals surface area contributed by atoms with E-state index in [1.165, 1.54) is 19.2 Å². The monoisotopic (exact) mass is 283 g/mol. The van der Waals surface area contributed by atoms with Gasteiger partial charge in [-0.3, -0.25) is 0 Å². The van der Waals surface area contributed by atoms with Crippen LogP contribution in [0.4, 0.5) is 18.9 Å². The minimum Gasteiger partial charge on any atom is -0.497 e. The zero-order valence-corrected chi connectivity index (χ0v) is 10.6. The van der Waals surface area contributed by atoms with Crippen molar-refractivity contribution in [2.24, 2.45) is 0 Å². The van der Waals surface area contributed by atoms with Crippen LogP contribution in [0.1, 0.15) is 5.56 Å². The van der Waals surface area contributed by atoms with Crippen molar-refractivity contribution in [1.29, 1.82) is 0 Å². The van der Waals surface area contributed by atoms with Crippen molar-refractivity contribution >= 4 is 5.69 Å². The highest BCUT2D eigenvalue weighted by molar-refractivity contribution is 5.51. The van der Waals surface area contributed by atoms with Crippen molar-refractivity contribution in [1.82, 2.24) is 0 Å². The number of alkyl halides is 3. The average Bonchev–Trinajstić information content (AvgIpc) is 2.37. The summed E-state index contributed by atoms with van der Waals surface area (Å²) >= 11 is 0.